The molecule has 1 rings (SSSR count). The molecule has 0 aliphatic rings. The van der Waals surface area contributed by atoms with Gasteiger partial charge in [-0.2, -0.15) is 0 Å². The molecule has 0 heterocycles. The molecule has 0 aliphatic carbocycles. The summed E-state index contributed by atoms with van der Waals surface area (Å²) in [6, 6.07) is 5.83. The smallest absolute Gasteiger partial charge is 0.326 e. The van der Waals surface area contributed by atoms with Gasteiger partial charge in [0.15, 0.2) is 0 Å². The first-order chi connectivity index (χ1) is 12.7. The van der Waals surface area contributed by atoms with Crippen molar-refractivity contribution < 1.29 is 24.6 Å². The molecule has 8 nitrogen and oxygen atoms in total. The highest BCUT2D eigenvalue weighted by Crippen LogP contribution is 2.09. The summed E-state index contributed by atoms with van der Waals surface area (Å²) in [5, 5.41) is 24.0. The van der Waals surface area contributed by atoms with E-state index in [1.54, 1.807) is 6.92 Å². The Balaban J connectivity index is 2.77. The van der Waals surface area contributed by atoms with Crippen LogP contribution in [0.4, 0.5) is 0 Å². The summed E-state index contributed by atoms with van der Waals surface area (Å²) in [7, 11) is 0. The number of carboxylic acids is 1. The van der Waals surface area contributed by atoms with Crippen molar-refractivity contribution in [2.24, 2.45) is 11.7 Å². The van der Waals surface area contributed by atoms with Crippen molar-refractivity contribution in [1.82, 2.24) is 10.6 Å². The van der Waals surface area contributed by atoms with Gasteiger partial charge in [0, 0.05) is 0 Å². The number of nitrogens with one attached hydrogen (secondary N) is 2. The van der Waals surface area contributed by atoms with E-state index in [9.17, 15) is 24.6 Å². The van der Waals surface area contributed by atoms with Crippen LogP contribution >= 0.6 is 0 Å². The Morgan fingerprint density at radius 2 is 1.59 bits per heavy atom. The molecule has 0 fully saturated rings. The van der Waals surface area contributed by atoms with Crippen LogP contribution in [0.5, 0.6) is 0 Å². The lowest BCUT2D eigenvalue weighted by Crippen LogP contribution is -2.59. The van der Waals surface area contributed by atoms with E-state index in [0.717, 1.165) is 5.56 Å². The normalized spacial score (nSPS) is 16.5. The van der Waals surface area contributed by atoms with Crippen LogP contribution in [0.3, 0.4) is 0 Å². The molecule has 1 aromatic carbocycles. The molecule has 6 N–H and O–H groups in total. The molecule has 0 spiro atoms. The number of amides is 2. The van der Waals surface area contributed by atoms with Crippen LogP contribution in [0.2, 0.25) is 0 Å². The summed E-state index contributed by atoms with van der Waals surface area (Å²) < 4.78 is 0. The fourth-order valence-electron chi connectivity index (χ4n) is 2.55. The van der Waals surface area contributed by atoms with Gasteiger partial charge in [-0.3, -0.25) is 9.59 Å². The number of aliphatic hydroxyl groups is 1. The Morgan fingerprint density at radius 1 is 1.04 bits per heavy atom. The van der Waals surface area contributed by atoms with Crippen molar-refractivity contribution in [2.45, 2.75) is 57.8 Å². The van der Waals surface area contributed by atoms with Crippen LogP contribution < -0.4 is 16.4 Å². The lowest BCUT2D eigenvalue weighted by Gasteiger charge is -2.26. The van der Waals surface area contributed by atoms with Crippen molar-refractivity contribution in [1.29, 1.82) is 0 Å². The van der Waals surface area contributed by atoms with E-state index in [4.69, 9.17) is 5.73 Å². The van der Waals surface area contributed by atoms with Crippen LogP contribution in [0, 0.1) is 5.92 Å². The van der Waals surface area contributed by atoms with Gasteiger partial charge in [-0.15, -0.1) is 0 Å². The number of rotatable bonds is 10. The number of carboxylic acid groups (broad SMARTS) is 1. The maximum atomic E-state index is 12.4. The molecule has 0 saturated carbocycles. The molecule has 0 saturated heterocycles. The zero-order valence-electron chi connectivity index (χ0n) is 15.9. The van der Waals surface area contributed by atoms with Crippen molar-refractivity contribution in [2.75, 3.05) is 0 Å². The molecular formula is C19H29N3O5. The highest BCUT2D eigenvalue weighted by atomic mass is 16.4. The summed E-state index contributed by atoms with van der Waals surface area (Å²) in [6.45, 7) is 4.85. The summed E-state index contributed by atoms with van der Waals surface area (Å²) in [4.78, 5) is 36.2. The largest absolute Gasteiger partial charge is 0.480 e. The van der Waals surface area contributed by atoms with Gasteiger partial charge in [-0.25, -0.2) is 4.79 Å². The number of aliphatic carboxylic acids is 1. The van der Waals surface area contributed by atoms with Gasteiger partial charge in [-0.1, -0.05) is 50.6 Å². The maximum absolute atomic E-state index is 12.4. The summed E-state index contributed by atoms with van der Waals surface area (Å²) in [5.41, 5.74) is 6.76. The number of hydrogen-bond donors (Lipinski definition) is 5. The monoisotopic (exact) mass is 379 g/mol. The number of benzene rings is 1. The van der Waals surface area contributed by atoms with Gasteiger partial charge < -0.3 is 26.6 Å². The second-order valence-electron chi connectivity index (χ2n) is 6.73. The first-order valence-electron chi connectivity index (χ1n) is 8.98. The number of nitrogens with two attached hydrogens (primary N) is 1. The first kappa shape index (κ1) is 22.6. The Hall–Kier alpha value is -2.45. The van der Waals surface area contributed by atoms with Gasteiger partial charge in [-0.05, 0) is 24.8 Å². The first-order valence-corrected chi connectivity index (χ1v) is 8.98. The minimum atomic E-state index is -1.30. The van der Waals surface area contributed by atoms with Crippen LogP contribution in [-0.4, -0.2) is 52.2 Å². The maximum Gasteiger partial charge on any atom is 0.326 e. The van der Waals surface area contributed by atoms with Gasteiger partial charge in [0.25, 0.3) is 0 Å². The number of hydrogen-bond acceptors (Lipinski definition) is 5. The van der Waals surface area contributed by atoms with Crippen LogP contribution in [0.1, 0.15) is 32.8 Å². The number of aliphatic hydroxyl groups excluding tert-OH is 1. The molecular weight excluding hydrogens is 350 g/mol. The fraction of sp³-hybridized carbons (Fsp3) is 0.526. The third kappa shape index (κ3) is 6.99. The van der Waals surface area contributed by atoms with E-state index in [1.807, 2.05) is 37.3 Å². The predicted octanol–water partition coefficient (Wildman–Crippen LogP) is 0.0375. The molecule has 150 valence electrons. The topological polar surface area (TPSA) is 142 Å². The minimum absolute atomic E-state index is 0.269. The van der Waals surface area contributed by atoms with E-state index in [-0.39, 0.29) is 12.3 Å². The van der Waals surface area contributed by atoms with Gasteiger partial charge >= 0.3 is 5.97 Å². The van der Waals surface area contributed by atoms with E-state index < -0.39 is 42.0 Å². The van der Waals surface area contributed by atoms with Crippen LogP contribution in [-0.2, 0) is 20.8 Å². The standard InChI is InChI=1S/C19H29N3O5/c1-4-11(2)15(19(26)27)21-18(25)16(12(3)23)22-17(24)14(20)10-13-8-6-5-7-9-13/h5-9,11-12,14-16,23H,4,10,20H2,1-3H3,(H,21,25)(H,22,24)(H,26,27). The molecule has 5 atom stereocenters. The van der Waals surface area contributed by atoms with Crippen molar-refractivity contribution in [3.8, 4) is 0 Å². The number of carbonyl (C=O) groups excluding carboxylic acids is 2. The Kier molecular flexibility index (Phi) is 8.90. The average Bonchev–Trinajstić information content (AvgIpc) is 2.63. The zero-order chi connectivity index (χ0) is 20.6. The molecule has 27 heavy (non-hydrogen) atoms. The van der Waals surface area contributed by atoms with E-state index in [1.165, 1.54) is 6.92 Å². The highest BCUT2D eigenvalue weighted by molar-refractivity contribution is 5.92. The minimum Gasteiger partial charge on any atom is -0.480 e. The van der Waals surface area contributed by atoms with Crippen LogP contribution in [0.25, 0.3) is 0 Å². The Labute approximate surface area is 159 Å². The van der Waals surface area contributed by atoms with E-state index in [0.29, 0.717) is 6.42 Å². The van der Waals surface area contributed by atoms with Gasteiger partial charge in [0.1, 0.15) is 12.1 Å². The third-order valence-corrected chi connectivity index (χ3v) is 4.47. The molecule has 8 heteroatoms. The highest BCUT2D eigenvalue weighted by Gasteiger charge is 2.32. The van der Waals surface area contributed by atoms with Crippen LogP contribution in [0.15, 0.2) is 30.3 Å². The second kappa shape index (κ2) is 10.6. The fourth-order valence-corrected chi connectivity index (χ4v) is 2.55. The quantitative estimate of drug-likeness (QED) is 0.388. The van der Waals surface area contributed by atoms with E-state index in [2.05, 4.69) is 10.6 Å². The molecule has 0 aliphatic heterocycles. The van der Waals surface area contributed by atoms with Gasteiger partial charge in [0.2, 0.25) is 11.8 Å². The molecule has 0 radical (unpaired) electrons. The molecule has 2 amide bonds. The molecule has 0 bridgehead atoms. The van der Waals surface area contributed by atoms with E-state index >= 15 is 0 Å². The summed E-state index contributed by atoms with van der Waals surface area (Å²) in [6.07, 6.45) is -0.402. The second-order valence-corrected chi connectivity index (χ2v) is 6.73. The van der Waals surface area contributed by atoms with Crippen molar-refractivity contribution in [3.63, 3.8) is 0 Å². The summed E-state index contributed by atoms with van der Waals surface area (Å²) in [5.74, 6) is -2.85. The van der Waals surface area contributed by atoms with Crippen molar-refractivity contribution in [3.05, 3.63) is 35.9 Å². The lowest BCUT2D eigenvalue weighted by atomic mass is 9.98. The molecule has 1 aromatic rings. The Bertz CT molecular complexity index is 635. The SMILES string of the molecule is CCC(C)C(NC(=O)C(NC(=O)C(N)Cc1ccccc1)C(C)O)C(=O)O. The third-order valence-electron chi connectivity index (χ3n) is 4.47. The number of carbonyl (C=O) groups is 3. The lowest BCUT2D eigenvalue weighted by molar-refractivity contribution is -0.144. The predicted molar refractivity (Wildman–Crippen MR) is 101 cm³/mol. The van der Waals surface area contributed by atoms with Crippen molar-refractivity contribution >= 4 is 17.8 Å². The van der Waals surface area contributed by atoms with Gasteiger partial charge in [0.05, 0.1) is 12.1 Å². The molecule has 5 unspecified atom stereocenters. The average molecular weight is 379 g/mol. The zero-order valence-corrected chi connectivity index (χ0v) is 15.9. The molecule has 0 aromatic heterocycles. The summed E-state index contributed by atoms with van der Waals surface area (Å²) >= 11 is 0. The Morgan fingerprint density at radius 3 is 2.07 bits per heavy atom.